The van der Waals surface area contributed by atoms with Gasteiger partial charge in [-0.2, -0.15) is 0 Å². The molecule has 3 nitrogen and oxygen atoms in total. The summed E-state index contributed by atoms with van der Waals surface area (Å²) in [5.41, 5.74) is 4.22. The van der Waals surface area contributed by atoms with E-state index in [4.69, 9.17) is 11.6 Å². The first kappa shape index (κ1) is 12.1. The number of hydrogen-bond donors (Lipinski definition) is 1. The number of aromatic nitrogens is 1. The smallest absolute Gasteiger partial charge is 0.271 e. The highest BCUT2D eigenvalue weighted by Crippen LogP contribution is 2.07. The molecule has 0 aliphatic rings. The first-order valence-electron chi connectivity index (χ1n) is 5.10. The Morgan fingerprint density at radius 1 is 1.29 bits per heavy atom. The number of amides is 1. The summed E-state index contributed by atoms with van der Waals surface area (Å²) in [6.45, 7) is 0.499. The number of nitrogens with one attached hydrogen (secondary N) is 1. The van der Waals surface area contributed by atoms with E-state index in [9.17, 15) is 4.79 Å². The molecule has 0 fully saturated rings. The maximum Gasteiger partial charge on any atom is 0.271 e. The molecule has 17 heavy (non-hydrogen) atoms. The molecule has 1 aromatic heterocycles. The van der Waals surface area contributed by atoms with Crippen LogP contribution in [0.15, 0.2) is 35.2 Å². The summed E-state index contributed by atoms with van der Waals surface area (Å²) in [7, 11) is 0. The molecule has 0 spiro atoms. The average molecular weight is 267 g/mol. The lowest BCUT2D eigenvalue weighted by Crippen LogP contribution is -2.22. The van der Waals surface area contributed by atoms with E-state index in [2.05, 4.69) is 10.3 Å². The number of rotatable bonds is 4. The Hall–Kier alpha value is -1.39. The predicted octanol–water partition coefficient (Wildman–Crippen LogP) is 2.81. The number of carbonyl (C=O) groups is 1. The van der Waals surface area contributed by atoms with Crippen molar-refractivity contribution >= 4 is 28.8 Å². The monoisotopic (exact) mass is 266 g/mol. The van der Waals surface area contributed by atoms with Crippen molar-refractivity contribution in [3.63, 3.8) is 0 Å². The maximum atomic E-state index is 11.6. The summed E-state index contributed by atoms with van der Waals surface area (Å²) in [6.07, 6.45) is 0. The quantitative estimate of drug-likeness (QED) is 0.865. The number of carbonyl (C=O) groups excluding carboxylic acids is 1. The van der Waals surface area contributed by atoms with Gasteiger partial charge in [-0.1, -0.05) is 24.3 Å². The van der Waals surface area contributed by atoms with E-state index in [1.807, 2.05) is 24.3 Å². The van der Waals surface area contributed by atoms with Crippen LogP contribution in [-0.4, -0.2) is 10.9 Å². The zero-order valence-electron chi connectivity index (χ0n) is 9.02. The normalized spacial score (nSPS) is 10.2. The molecule has 5 heteroatoms. The summed E-state index contributed by atoms with van der Waals surface area (Å²) < 4.78 is 0. The van der Waals surface area contributed by atoms with Gasteiger partial charge in [-0.25, -0.2) is 4.98 Å². The number of hydrogen-bond acceptors (Lipinski definition) is 3. The van der Waals surface area contributed by atoms with Crippen LogP contribution < -0.4 is 5.32 Å². The van der Waals surface area contributed by atoms with Gasteiger partial charge in [0.2, 0.25) is 0 Å². The van der Waals surface area contributed by atoms with Gasteiger partial charge in [0, 0.05) is 17.8 Å². The summed E-state index contributed by atoms with van der Waals surface area (Å²) in [5.74, 6) is 0.360. The third-order valence-electron chi connectivity index (χ3n) is 2.30. The van der Waals surface area contributed by atoms with Crippen LogP contribution in [0.5, 0.6) is 0 Å². The van der Waals surface area contributed by atoms with E-state index < -0.39 is 0 Å². The topological polar surface area (TPSA) is 42.0 Å². The molecule has 0 saturated carbocycles. The fourth-order valence-corrected chi connectivity index (χ4v) is 2.05. The van der Waals surface area contributed by atoms with Gasteiger partial charge in [-0.15, -0.1) is 22.9 Å². The predicted molar refractivity (Wildman–Crippen MR) is 69.3 cm³/mol. The highest BCUT2D eigenvalue weighted by atomic mass is 35.5. The molecule has 2 aromatic rings. The van der Waals surface area contributed by atoms with E-state index >= 15 is 0 Å². The van der Waals surface area contributed by atoms with Crippen molar-refractivity contribution in [3.8, 4) is 0 Å². The fourth-order valence-electron chi connectivity index (χ4n) is 1.34. The molecule has 0 saturated heterocycles. The van der Waals surface area contributed by atoms with Gasteiger partial charge < -0.3 is 5.32 Å². The third-order valence-corrected chi connectivity index (χ3v) is 3.19. The van der Waals surface area contributed by atoms with Gasteiger partial charge in [0.1, 0.15) is 5.69 Å². The van der Waals surface area contributed by atoms with E-state index in [0.29, 0.717) is 18.1 Å². The Bertz CT molecular complexity index is 482. The molecule has 0 radical (unpaired) electrons. The van der Waals surface area contributed by atoms with Crippen LogP contribution in [0, 0.1) is 0 Å². The van der Waals surface area contributed by atoms with Crippen LogP contribution in [-0.2, 0) is 12.4 Å². The standard InChI is InChI=1S/C12H11ClN2OS/c13-5-9-1-3-10(4-2-9)6-14-12(16)11-7-17-8-15-11/h1-4,7-8H,5-6H2,(H,14,16). The van der Waals surface area contributed by atoms with Crippen molar-refractivity contribution in [1.29, 1.82) is 0 Å². The lowest BCUT2D eigenvalue weighted by Gasteiger charge is -2.04. The molecular weight excluding hydrogens is 256 g/mol. The van der Waals surface area contributed by atoms with Gasteiger partial charge in [0.25, 0.3) is 5.91 Å². The summed E-state index contributed by atoms with van der Waals surface area (Å²) in [5, 5.41) is 4.54. The van der Waals surface area contributed by atoms with E-state index in [1.54, 1.807) is 10.9 Å². The largest absolute Gasteiger partial charge is 0.347 e. The fraction of sp³-hybridized carbons (Fsp3) is 0.167. The molecule has 2 rings (SSSR count). The summed E-state index contributed by atoms with van der Waals surface area (Å²) in [4.78, 5) is 15.6. The van der Waals surface area contributed by atoms with Crippen molar-refractivity contribution in [2.75, 3.05) is 0 Å². The Morgan fingerprint density at radius 2 is 2.00 bits per heavy atom. The molecule has 0 unspecified atom stereocenters. The molecule has 1 heterocycles. The molecule has 0 atom stereocenters. The second kappa shape index (κ2) is 5.80. The Balaban J connectivity index is 1.91. The van der Waals surface area contributed by atoms with Crippen LogP contribution in [0.1, 0.15) is 21.6 Å². The first-order valence-corrected chi connectivity index (χ1v) is 6.57. The number of alkyl halides is 1. The van der Waals surface area contributed by atoms with Gasteiger partial charge in [0.05, 0.1) is 5.51 Å². The van der Waals surface area contributed by atoms with Gasteiger partial charge >= 0.3 is 0 Å². The molecule has 0 aliphatic carbocycles. The third kappa shape index (κ3) is 3.28. The highest BCUT2D eigenvalue weighted by Gasteiger charge is 2.06. The molecule has 1 amide bonds. The summed E-state index contributed by atoms with van der Waals surface area (Å²) in [6, 6.07) is 7.83. The lowest BCUT2D eigenvalue weighted by atomic mass is 10.1. The molecular formula is C12H11ClN2OS. The lowest BCUT2D eigenvalue weighted by molar-refractivity contribution is 0.0946. The maximum absolute atomic E-state index is 11.6. The molecule has 1 aromatic carbocycles. The number of nitrogens with zero attached hydrogens (tertiary/aromatic N) is 1. The minimum atomic E-state index is -0.146. The number of thiazole rings is 1. The van der Waals surface area contributed by atoms with Crippen LogP contribution in [0.4, 0.5) is 0 Å². The van der Waals surface area contributed by atoms with Crippen molar-refractivity contribution in [2.24, 2.45) is 0 Å². The van der Waals surface area contributed by atoms with Gasteiger partial charge in [-0.05, 0) is 11.1 Å². The SMILES string of the molecule is O=C(NCc1ccc(CCl)cc1)c1cscn1. The van der Waals surface area contributed by atoms with Crippen LogP contribution in [0.3, 0.4) is 0 Å². The Kier molecular flexibility index (Phi) is 4.12. The minimum absolute atomic E-state index is 0.146. The van der Waals surface area contributed by atoms with E-state index in [0.717, 1.165) is 11.1 Å². The molecule has 0 aliphatic heterocycles. The Morgan fingerprint density at radius 3 is 2.59 bits per heavy atom. The molecule has 1 N–H and O–H groups in total. The van der Waals surface area contributed by atoms with Crippen LogP contribution in [0.25, 0.3) is 0 Å². The van der Waals surface area contributed by atoms with Crippen molar-refractivity contribution in [2.45, 2.75) is 12.4 Å². The molecule has 88 valence electrons. The zero-order chi connectivity index (χ0) is 12.1. The van der Waals surface area contributed by atoms with Crippen LogP contribution in [0.2, 0.25) is 0 Å². The van der Waals surface area contributed by atoms with Gasteiger partial charge in [-0.3, -0.25) is 4.79 Å². The van der Waals surface area contributed by atoms with Crippen LogP contribution >= 0.6 is 22.9 Å². The van der Waals surface area contributed by atoms with Crippen molar-refractivity contribution < 1.29 is 4.79 Å². The number of halogens is 1. The van der Waals surface area contributed by atoms with Crippen molar-refractivity contribution in [3.05, 3.63) is 52.0 Å². The average Bonchev–Trinajstić information content (AvgIpc) is 2.90. The van der Waals surface area contributed by atoms with Crippen molar-refractivity contribution in [1.82, 2.24) is 10.3 Å². The minimum Gasteiger partial charge on any atom is -0.347 e. The second-order valence-corrected chi connectivity index (χ2v) is 4.49. The zero-order valence-corrected chi connectivity index (χ0v) is 10.6. The van der Waals surface area contributed by atoms with Gasteiger partial charge in [0.15, 0.2) is 0 Å². The summed E-state index contributed by atoms with van der Waals surface area (Å²) >= 11 is 7.11. The number of benzene rings is 1. The highest BCUT2D eigenvalue weighted by molar-refractivity contribution is 7.07. The van der Waals surface area contributed by atoms with E-state index in [-0.39, 0.29) is 5.91 Å². The van der Waals surface area contributed by atoms with E-state index in [1.165, 1.54) is 11.3 Å². The first-order chi connectivity index (χ1) is 8.29. The Labute approximate surface area is 108 Å². The second-order valence-electron chi connectivity index (χ2n) is 3.51. The molecule has 0 bridgehead atoms.